The van der Waals surface area contributed by atoms with E-state index in [0.717, 1.165) is 5.69 Å². The van der Waals surface area contributed by atoms with Gasteiger partial charge in [-0.25, -0.2) is 13.1 Å². The van der Waals surface area contributed by atoms with Crippen molar-refractivity contribution >= 4 is 10.0 Å². The standard InChI is InChI=1S/C8H12N2O3S/c1-7-2-3-8(6-9-7)14(12,13)10-4-5-11/h2-3,6,10-11H,4-5H2,1H3. The fourth-order valence-corrected chi connectivity index (χ4v) is 1.84. The number of sulfonamides is 1. The normalized spacial score (nSPS) is 11.6. The Labute approximate surface area is 82.9 Å². The first-order valence-corrected chi connectivity index (χ1v) is 5.58. The molecule has 0 amide bonds. The van der Waals surface area contributed by atoms with Crippen LogP contribution in [0.3, 0.4) is 0 Å². The van der Waals surface area contributed by atoms with E-state index >= 15 is 0 Å². The summed E-state index contributed by atoms with van der Waals surface area (Å²) in [6.07, 6.45) is 1.29. The SMILES string of the molecule is Cc1ccc(S(=O)(=O)NCCO)cn1. The van der Waals surface area contributed by atoms with E-state index in [-0.39, 0.29) is 18.0 Å². The molecule has 0 spiro atoms. The molecular formula is C8H12N2O3S. The van der Waals surface area contributed by atoms with E-state index in [4.69, 9.17) is 5.11 Å². The summed E-state index contributed by atoms with van der Waals surface area (Å²) in [7, 11) is -3.51. The topological polar surface area (TPSA) is 79.3 Å². The molecule has 1 heterocycles. The largest absolute Gasteiger partial charge is 0.395 e. The molecule has 5 nitrogen and oxygen atoms in total. The molecule has 0 fully saturated rings. The highest BCUT2D eigenvalue weighted by molar-refractivity contribution is 7.89. The number of rotatable bonds is 4. The molecule has 2 N–H and O–H groups in total. The lowest BCUT2D eigenvalue weighted by Crippen LogP contribution is -2.26. The van der Waals surface area contributed by atoms with Crippen LogP contribution in [0, 0.1) is 6.92 Å². The molecule has 0 saturated carbocycles. The van der Waals surface area contributed by atoms with E-state index in [2.05, 4.69) is 9.71 Å². The fraction of sp³-hybridized carbons (Fsp3) is 0.375. The van der Waals surface area contributed by atoms with Crippen molar-refractivity contribution in [1.29, 1.82) is 0 Å². The number of pyridine rings is 1. The zero-order chi connectivity index (χ0) is 10.6. The summed E-state index contributed by atoms with van der Waals surface area (Å²) in [4.78, 5) is 3.98. The molecule has 0 unspecified atom stereocenters. The number of aromatic nitrogens is 1. The Hall–Kier alpha value is -0.980. The van der Waals surface area contributed by atoms with Gasteiger partial charge < -0.3 is 5.11 Å². The third-order valence-electron chi connectivity index (χ3n) is 1.60. The highest BCUT2D eigenvalue weighted by Gasteiger charge is 2.12. The lowest BCUT2D eigenvalue weighted by molar-refractivity contribution is 0.301. The van der Waals surface area contributed by atoms with E-state index in [1.54, 1.807) is 13.0 Å². The molecule has 1 aromatic heterocycles. The quantitative estimate of drug-likeness (QED) is 0.721. The Morgan fingerprint density at radius 1 is 1.50 bits per heavy atom. The first-order valence-electron chi connectivity index (χ1n) is 4.09. The molecule has 0 radical (unpaired) electrons. The molecule has 1 aromatic rings. The second-order valence-corrected chi connectivity index (χ2v) is 4.52. The predicted octanol–water partition coefficient (Wildman–Crippen LogP) is -0.339. The Morgan fingerprint density at radius 2 is 2.21 bits per heavy atom. The zero-order valence-corrected chi connectivity index (χ0v) is 8.58. The maximum Gasteiger partial charge on any atom is 0.242 e. The molecule has 0 saturated heterocycles. The number of aryl methyl sites for hydroxylation is 1. The van der Waals surface area contributed by atoms with Gasteiger partial charge in [-0.05, 0) is 19.1 Å². The Kier molecular flexibility index (Phi) is 3.56. The molecule has 0 aliphatic heterocycles. The van der Waals surface area contributed by atoms with Gasteiger partial charge in [-0.1, -0.05) is 0 Å². The molecule has 0 aliphatic carbocycles. The van der Waals surface area contributed by atoms with E-state index in [0.29, 0.717) is 0 Å². The number of hydrogen-bond acceptors (Lipinski definition) is 4. The van der Waals surface area contributed by atoms with Gasteiger partial charge in [0.2, 0.25) is 10.0 Å². The van der Waals surface area contributed by atoms with Gasteiger partial charge in [0, 0.05) is 18.4 Å². The van der Waals surface area contributed by atoms with Gasteiger partial charge in [-0.2, -0.15) is 0 Å². The maximum absolute atomic E-state index is 11.4. The molecule has 78 valence electrons. The minimum absolute atomic E-state index is 0.0101. The predicted molar refractivity (Wildman–Crippen MR) is 51.2 cm³/mol. The van der Waals surface area contributed by atoms with Crippen LogP contribution in [-0.2, 0) is 10.0 Å². The Morgan fingerprint density at radius 3 is 2.71 bits per heavy atom. The van der Waals surface area contributed by atoms with E-state index < -0.39 is 10.0 Å². The summed E-state index contributed by atoms with van der Waals surface area (Å²) in [6.45, 7) is 1.56. The third kappa shape index (κ3) is 2.76. The molecule has 6 heteroatoms. The Bertz CT molecular complexity index is 386. The number of nitrogens with zero attached hydrogens (tertiary/aromatic N) is 1. The van der Waals surface area contributed by atoms with E-state index in [1.807, 2.05) is 0 Å². The van der Waals surface area contributed by atoms with Crippen LogP contribution >= 0.6 is 0 Å². The molecule has 0 aliphatic rings. The highest BCUT2D eigenvalue weighted by Crippen LogP contribution is 2.06. The second kappa shape index (κ2) is 4.50. The van der Waals surface area contributed by atoms with Crippen molar-refractivity contribution in [2.45, 2.75) is 11.8 Å². The number of hydrogen-bond donors (Lipinski definition) is 2. The van der Waals surface area contributed by atoms with Gasteiger partial charge in [-0.15, -0.1) is 0 Å². The van der Waals surface area contributed by atoms with Crippen LogP contribution in [0.4, 0.5) is 0 Å². The minimum Gasteiger partial charge on any atom is -0.395 e. The Balaban J connectivity index is 2.87. The van der Waals surface area contributed by atoms with Crippen molar-refractivity contribution in [3.63, 3.8) is 0 Å². The van der Waals surface area contributed by atoms with Crippen LogP contribution in [0.2, 0.25) is 0 Å². The van der Waals surface area contributed by atoms with Crippen molar-refractivity contribution in [3.05, 3.63) is 24.0 Å². The van der Waals surface area contributed by atoms with Crippen molar-refractivity contribution in [2.75, 3.05) is 13.2 Å². The van der Waals surface area contributed by atoms with Crippen LogP contribution < -0.4 is 4.72 Å². The molecule has 1 rings (SSSR count). The summed E-state index contributed by atoms with van der Waals surface area (Å²) in [5, 5.41) is 8.48. The average molecular weight is 216 g/mol. The van der Waals surface area contributed by atoms with Crippen LogP contribution in [0.1, 0.15) is 5.69 Å². The van der Waals surface area contributed by atoms with Crippen LogP contribution in [0.15, 0.2) is 23.2 Å². The van der Waals surface area contributed by atoms with Crippen molar-refractivity contribution < 1.29 is 13.5 Å². The van der Waals surface area contributed by atoms with Gasteiger partial charge in [-0.3, -0.25) is 4.98 Å². The van der Waals surface area contributed by atoms with Crippen LogP contribution in [-0.4, -0.2) is 31.7 Å². The van der Waals surface area contributed by atoms with Crippen LogP contribution in [0.5, 0.6) is 0 Å². The first kappa shape index (κ1) is 11.1. The third-order valence-corrected chi connectivity index (χ3v) is 3.04. The highest BCUT2D eigenvalue weighted by atomic mass is 32.2. The zero-order valence-electron chi connectivity index (χ0n) is 7.77. The number of nitrogens with one attached hydrogen (secondary N) is 1. The van der Waals surface area contributed by atoms with Gasteiger partial charge in [0.15, 0.2) is 0 Å². The van der Waals surface area contributed by atoms with Crippen molar-refractivity contribution in [2.24, 2.45) is 0 Å². The summed E-state index contributed by atoms with van der Waals surface area (Å²) in [6, 6.07) is 3.09. The van der Waals surface area contributed by atoms with Gasteiger partial charge >= 0.3 is 0 Å². The second-order valence-electron chi connectivity index (χ2n) is 2.76. The van der Waals surface area contributed by atoms with E-state index in [1.165, 1.54) is 12.3 Å². The number of aliphatic hydroxyl groups excluding tert-OH is 1. The van der Waals surface area contributed by atoms with Crippen molar-refractivity contribution in [1.82, 2.24) is 9.71 Å². The minimum atomic E-state index is -3.51. The molecule has 0 atom stereocenters. The fourth-order valence-electron chi connectivity index (χ4n) is 0.877. The lowest BCUT2D eigenvalue weighted by Gasteiger charge is -2.04. The summed E-state index contributed by atoms with van der Waals surface area (Å²) in [5.74, 6) is 0. The summed E-state index contributed by atoms with van der Waals surface area (Å²) in [5.41, 5.74) is 0.756. The monoisotopic (exact) mass is 216 g/mol. The first-order chi connectivity index (χ1) is 6.56. The smallest absolute Gasteiger partial charge is 0.242 e. The lowest BCUT2D eigenvalue weighted by atomic mass is 10.4. The summed E-state index contributed by atoms with van der Waals surface area (Å²) < 4.78 is 25.1. The molecule has 0 bridgehead atoms. The summed E-state index contributed by atoms with van der Waals surface area (Å²) >= 11 is 0. The van der Waals surface area contributed by atoms with Gasteiger partial charge in [0.1, 0.15) is 4.90 Å². The van der Waals surface area contributed by atoms with E-state index in [9.17, 15) is 8.42 Å². The van der Waals surface area contributed by atoms with Gasteiger partial charge in [0.25, 0.3) is 0 Å². The van der Waals surface area contributed by atoms with Gasteiger partial charge in [0.05, 0.1) is 6.61 Å². The number of aliphatic hydroxyl groups is 1. The molecular weight excluding hydrogens is 204 g/mol. The molecule has 14 heavy (non-hydrogen) atoms. The maximum atomic E-state index is 11.4. The van der Waals surface area contributed by atoms with Crippen LogP contribution in [0.25, 0.3) is 0 Å². The average Bonchev–Trinajstić information content (AvgIpc) is 2.16. The molecule has 0 aromatic carbocycles. The van der Waals surface area contributed by atoms with Crippen molar-refractivity contribution in [3.8, 4) is 0 Å².